The molecule has 28 heavy (non-hydrogen) atoms. The molecule has 3 amide bonds. The summed E-state index contributed by atoms with van der Waals surface area (Å²) in [4.78, 5) is 40.4. The number of imide groups is 1. The zero-order chi connectivity index (χ0) is 20.2. The van der Waals surface area contributed by atoms with E-state index in [0.29, 0.717) is 18.7 Å². The molecule has 5 atom stereocenters. The molecule has 0 aromatic heterocycles. The number of aliphatic hydroxyl groups is 1. The quantitative estimate of drug-likeness (QED) is 0.480. The maximum atomic E-state index is 14.0. The molecule has 3 aliphatic rings. The molecule has 4 rings (SSSR count). The molecule has 150 valence electrons. The molecule has 3 N–H and O–H groups in total. The van der Waals surface area contributed by atoms with Crippen molar-refractivity contribution in [3.05, 3.63) is 29.6 Å². The lowest BCUT2D eigenvalue weighted by molar-refractivity contribution is -0.143. The summed E-state index contributed by atoms with van der Waals surface area (Å²) in [5.41, 5.74) is -0.913. The van der Waals surface area contributed by atoms with Crippen LogP contribution in [-0.2, 0) is 24.7 Å². The second-order valence-electron chi connectivity index (χ2n) is 7.54. The number of anilines is 1. The minimum atomic E-state index is -1.59. The number of methoxy groups -OCH3 is 1. The van der Waals surface area contributed by atoms with Gasteiger partial charge in [-0.15, -0.1) is 0 Å². The number of nitrogens with zero attached hydrogens (tertiary/aromatic N) is 1. The number of nitrogens with one attached hydrogen (secondary N) is 2. The minimum absolute atomic E-state index is 0.165. The SMILES string of the molecule is COCCCN1C(=O)[C@@H]2C(C(C)O)NC3(C(=O)Nc4ccc(F)cc43)[C@@H]2C1=O. The molecule has 1 spiro atoms. The third kappa shape index (κ3) is 2.43. The van der Waals surface area contributed by atoms with Gasteiger partial charge in [-0.1, -0.05) is 0 Å². The van der Waals surface area contributed by atoms with Crippen LogP contribution < -0.4 is 10.6 Å². The maximum absolute atomic E-state index is 14.0. The van der Waals surface area contributed by atoms with Gasteiger partial charge >= 0.3 is 0 Å². The number of aliphatic hydroxyl groups excluding tert-OH is 1. The molecule has 2 fully saturated rings. The van der Waals surface area contributed by atoms with Gasteiger partial charge in [0.05, 0.1) is 17.9 Å². The number of hydrogen-bond donors (Lipinski definition) is 3. The van der Waals surface area contributed by atoms with E-state index in [-0.39, 0.29) is 12.1 Å². The van der Waals surface area contributed by atoms with Gasteiger partial charge in [-0.3, -0.25) is 24.6 Å². The number of likely N-dealkylation sites (tertiary alicyclic amines) is 1. The van der Waals surface area contributed by atoms with Gasteiger partial charge in [-0.2, -0.15) is 0 Å². The Morgan fingerprint density at radius 1 is 1.32 bits per heavy atom. The third-order valence-corrected chi connectivity index (χ3v) is 5.95. The van der Waals surface area contributed by atoms with Crippen molar-refractivity contribution in [2.45, 2.75) is 31.0 Å². The molecule has 3 heterocycles. The Labute approximate surface area is 161 Å². The Balaban J connectivity index is 1.81. The van der Waals surface area contributed by atoms with Crippen molar-refractivity contribution >= 4 is 23.4 Å². The van der Waals surface area contributed by atoms with Gasteiger partial charge in [0, 0.05) is 37.6 Å². The lowest BCUT2D eigenvalue weighted by atomic mass is 9.76. The van der Waals surface area contributed by atoms with Crippen LogP contribution in [0.3, 0.4) is 0 Å². The van der Waals surface area contributed by atoms with E-state index in [9.17, 15) is 23.9 Å². The molecular weight excluding hydrogens is 369 g/mol. The number of fused-ring (bicyclic) bond motifs is 4. The predicted octanol–water partition coefficient (Wildman–Crippen LogP) is -0.0366. The first-order valence-electron chi connectivity index (χ1n) is 9.24. The van der Waals surface area contributed by atoms with E-state index in [4.69, 9.17) is 4.74 Å². The first kappa shape index (κ1) is 19.0. The largest absolute Gasteiger partial charge is 0.392 e. The summed E-state index contributed by atoms with van der Waals surface area (Å²) in [6, 6.07) is 3.04. The van der Waals surface area contributed by atoms with E-state index in [1.807, 2.05) is 0 Å². The van der Waals surface area contributed by atoms with E-state index < -0.39 is 53.1 Å². The van der Waals surface area contributed by atoms with Gasteiger partial charge in [0.15, 0.2) is 0 Å². The van der Waals surface area contributed by atoms with Gasteiger partial charge < -0.3 is 15.2 Å². The van der Waals surface area contributed by atoms with Crippen LogP contribution in [0.25, 0.3) is 0 Å². The molecule has 2 saturated heterocycles. The summed E-state index contributed by atoms with van der Waals surface area (Å²) in [6.45, 7) is 2.04. The van der Waals surface area contributed by atoms with Crippen molar-refractivity contribution in [1.82, 2.24) is 10.2 Å². The molecule has 1 aromatic carbocycles. The number of halogens is 1. The number of ether oxygens (including phenoxy) is 1. The van der Waals surface area contributed by atoms with Gasteiger partial charge in [0.1, 0.15) is 11.4 Å². The molecule has 3 aliphatic heterocycles. The van der Waals surface area contributed by atoms with Crippen LogP contribution in [0, 0.1) is 17.7 Å². The average molecular weight is 391 g/mol. The highest BCUT2D eigenvalue weighted by molar-refractivity contribution is 6.15. The number of rotatable bonds is 5. The van der Waals surface area contributed by atoms with Crippen molar-refractivity contribution in [2.75, 3.05) is 25.6 Å². The fourth-order valence-electron chi connectivity index (χ4n) is 4.77. The van der Waals surface area contributed by atoms with Gasteiger partial charge in [-0.25, -0.2) is 4.39 Å². The molecule has 9 heteroatoms. The number of benzene rings is 1. The Kier molecular flexibility index (Phi) is 4.48. The minimum Gasteiger partial charge on any atom is -0.392 e. The van der Waals surface area contributed by atoms with E-state index in [1.54, 1.807) is 0 Å². The highest BCUT2D eigenvalue weighted by Gasteiger charge is 2.71. The lowest BCUT2D eigenvalue weighted by Crippen LogP contribution is -2.54. The van der Waals surface area contributed by atoms with Crippen LogP contribution in [0.2, 0.25) is 0 Å². The van der Waals surface area contributed by atoms with Crippen LogP contribution >= 0.6 is 0 Å². The van der Waals surface area contributed by atoms with Crippen molar-refractivity contribution in [2.24, 2.45) is 11.8 Å². The zero-order valence-electron chi connectivity index (χ0n) is 15.6. The molecular formula is C19H22FN3O5. The van der Waals surface area contributed by atoms with E-state index in [0.717, 1.165) is 4.90 Å². The first-order valence-corrected chi connectivity index (χ1v) is 9.24. The Hall–Kier alpha value is -2.36. The normalized spacial score (nSPS) is 32.1. The van der Waals surface area contributed by atoms with Gasteiger partial charge in [0.25, 0.3) is 0 Å². The van der Waals surface area contributed by atoms with Crippen molar-refractivity contribution < 1.29 is 28.6 Å². The first-order chi connectivity index (χ1) is 13.3. The Bertz CT molecular complexity index is 860. The van der Waals surface area contributed by atoms with Gasteiger partial charge in [0.2, 0.25) is 17.7 Å². The number of hydrogen-bond acceptors (Lipinski definition) is 6. The number of amides is 3. The third-order valence-electron chi connectivity index (χ3n) is 5.95. The summed E-state index contributed by atoms with van der Waals surface area (Å²) in [6.07, 6.45) is -0.530. The smallest absolute Gasteiger partial charge is 0.250 e. The standard InChI is InChI=1S/C19H22FN3O5/c1-9(24)15-13-14(17(26)23(16(13)25)6-3-7-28-2)19(22-15)11-8-10(20)4-5-12(11)21-18(19)27/h4-5,8-9,13-15,22,24H,3,6-7H2,1-2H3,(H,21,27)/t9?,13-,14-,15?,19?/m0/s1. The van der Waals surface area contributed by atoms with Crippen molar-refractivity contribution in [3.63, 3.8) is 0 Å². The second-order valence-corrected chi connectivity index (χ2v) is 7.54. The fourth-order valence-corrected chi connectivity index (χ4v) is 4.77. The van der Waals surface area contributed by atoms with E-state index in [1.165, 1.54) is 32.2 Å². The molecule has 0 bridgehead atoms. The Morgan fingerprint density at radius 3 is 2.75 bits per heavy atom. The van der Waals surface area contributed by atoms with Crippen molar-refractivity contribution in [3.8, 4) is 0 Å². The topological polar surface area (TPSA) is 108 Å². The summed E-state index contributed by atoms with van der Waals surface area (Å²) >= 11 is 0. The predicted molar refractivity (Wildman–Crippen MR) is 95.5 cm³/mol. The zero-order valence-corrected chi connectivity index (χ0v) is 15.6. The molecule has 0 saturated carbocycles. The van der Waals surface area contributed by atoms with Crippen LogP contribution in [0.1, 0.15) is 18.9 Å². The summed E-state index contributed by atoms with van der Waals surface area (Å²) in [5.74, 6) is -3.96. The van der Waals surface area contributed by atoms with Crippen LogP contribution in [0.4, 0.5) is 10.1 Å². The highest BCUT2D eigenvalue weighted by Crippen LogP contribution is 2.53. The van der Waals surface area contributed by atoms with Gasteiger partial charge in [-0.05, 0) is 31.5 Å². The van der Waals surface area contributed by atoms with Crippen LogP contribution in [0.5, 0.6) is 0 Å². The summed E-state index contributed by atoms with van der Waals surface area (Å²) in [5, 5.41) is 16.0. The molecule has 1 aromatic rings. The van der Waals surface area contributed by atoms with Crippen molar-refractivity contribution in [1.29, 1.82) is 0 Å². The molecule has 0 radical (unpaired) electrons. The van der Waals surface area contributed by atoms with Crippen LogP contribution in [0.15, 0.2) is 18.2 Å². The fraction of sp³-hybridized carbons (Fsp3) is 0.526. The highest BCUT2D eigenvalue weighted by atomic mass is 19.1. The summed E-state index contributed by atoms with van der Waals surface area (Å²) in [7, 11) is 1.53. The lowest BCUT2D eigenvalue weighted by Gasteiger charge is -2.30. The number of carbonyl (C=O) groups is 3. The van der Waals surface area contributed by atoms with E-state index in [2.05, 4.69) is 10.6 Å². The summed E-state index contributed by atoms with van der Waals surface area (Å²) < 4.78 is 19.0. The maximum Gasteiger partial charge on any atom is 0.250 e. The number of carbonyl (C=O) groups excluding carboxylic acids is 3. The second kappa shape index (κ2) is 6.61. The van der Waals surface area contributed by atoms with Crippen LogP contribution in [-0.4, -0.2) is 60.1 Å². The molecule has 0 aliphatic carbocycles. The monoisotopic (exact) mass is 391 g/mol. The Morgan fingerprint density at radius 2 is 2.07 bits per heavy atom. The van der Waals surface area contributed by atoms with E-state index >= 15 is 0 Å². The molecule has 3 unspecified atom stereocenters. The average Bonchev–Trinajstić information content (AvgIpc) is 3.23. The molecule has 8 nitrogen and oxygen atoms in total.